The van der Waals surface area contributed by atoms with Gasteiger partial charge in [-0.2, -0.15) is 0 Å². The third kappa shape index (κ3) is 2.69. The number of rotatable bonds is 2. The van der Waals surface area contributed by atoms with Gasteiger partial charge in [0.15, 0.2) is 0 Å². The first-order valence-corrected chi connectivity index (χ1v) is 6.93. The van der Waals surface area contributed by atoms with E-state index in [2.05, 4.69) is 4.98 Å². The summed E-state index contributed by atoms with van der Waals surface area (Å²) in [5.74, 6) is -0.0958. The van der Waals surface area contributed by atoms with E-state index in [4.69, 9.17) is 11.6 Å². The van der Waals surface area contributed by atoms with E-state index >= 15 is 0 Å². The molecule has 2 nitrogen and oxygen atoms in total. The largest absolute Gasteiger partial charge is 0.505 e. The van der Waals surface area contributed by atoms with Crippen molar-refractivity contribution in [1.82, 2.24) is 4.98 Å². The van der Waals surface area contributed by atoms with Gasteiger partial charge in [0.25, 0.3) is 0 Å². The Kier molecular flexibility index (Phi) is 3.52. The van der Waals surface area contributed by atoms with Crippen LogP contribution in [0.4, 0.5) is 4.39 Å². The maximum Gasteiger partial charge on any atom is 0.144 e. The molecule has 0 fully saturated rings. The molecule has 0 spiro atoms. The third-order valence-electron chi connectivity index (χ3n) is 3.46. The highest BCUT2D eigenvalue weighted by atomic mass is 35.5. The maximum absolute atomic E-state index is 12.9. The number of nitrogens with zero attached hydrogens (tertiary/aromatic N) is 1. The number of aromatic nitrogens is 1. The fourth-order valence-corrected chi connectivity index (χ4v) is 2.64. The van der Waals surface area contributed by atoms with Crippen molar-refractivity contribution < 1.29 is 9.50 Å². The van der Waals surface area contributed by atoms with E-state index in [1.165, 1.54) is 12.1 Å². The molecule has 0 saturated heterocycles. The highest BCUT2D eigenvalue weighted by molar-refractivity contribution is 6.35. The first-order valence-electron chi connectivity index (χ1n) is 6.56. The van der Waals surface area contributed by atoms with Crippen molar-refractivity contribution in [1.29, 1.82) is 0 Å². The summed E-state index contributed by atoms with van der Waals surface area (Å²) in [5, 5.41) is 11.3. The zero-order valence-electron chi connectivity index (χ0n) is 11.4. The predicted octanol–water partition coefficient (Wildman–Crippen LogP) is 4.63. The molecule has 1 N–H and O–H groups in total. The molecule has 0 aliphatic heterocycles. The first-order chi connectivity index (χ1) is 10.0. The van der Waals surface area contributed by atoms with Gasteiger partial charge < -0.3 is 5.11 Å². The quantitative estimate of drug-likeness (QED) is 0.748. The van der Waals surface area contributed by atoms with Crippen LogP contribution in [-0.4, -0.2) is 10.1 Å². The molecule has 1 heterocycles. The Morgan fingerprint density at radius 2 is 1.86 bits per heavy atom. The van der Waals surface area contributed by atoms with E-state index in [-0.39, 0.29) is 11.6 Å². The van der Waals surface area contributed by atoms with Crippen molar-refractivity contribution in [2.75, 3.05) is 0 Å². The standard InChI is InChI=1S/C17H13ClFNO/c1-10-6-15(18)14-8-12(9-20-16(14)17(10)21)7-11-2-4-13(19)5-3-11/h2-6,8-9,21H,7H2,1H3. The zero-order chi connectivity index (χ0) is 15.0. The molecule has 1 aromatic heterocycles. The lowest BCUT2D eigenvalue weighted by Gasteiger charge is -2.08. The molecular weight excluding hydrogens is 289 g/mol. The number of benzene rings is 2. The number of phenolic OH excluding ortho intramolecular Hbond substituents is 1. The van der Waals surface area contributed by atoms with E-state index in [1.54, 1.807) is 31.3 Å². The van der Waals surface area contributed by atoms with Crippen LogP contribution in [0.15, 0.2) is 42.6 Å². The monoisotopic (exact) mass is 301 g/mol. The molecule has 0 atom stereocenters. The van der Waals surface area contributed by atoms with E-state index in [0.29, 0.717) is 22.5 Å². The number of pyridine rings is 1. The van der Waals surface area contributed by atoms with E-state index in [1.807, 2.05) is 6.07 Å². The van der Waals surface area contributed by atoms with Crippen molar-refractivity contribution >= 4 is 22.5 Å². The van der Waals surface area contributed by atoms with Crippen LogP contribution < -0.4 is 0 Å². The minimum absolute atomic E-state index is 0.155. The molecule has 0 unspecified atom stereocenters. The molecule has 0 bridgehead atoms. The second-order valence-corrected chi connectivity index (χ2v) is 5.47. The van der Waals surface area contributed by atoms with Gasteiger partial charge in [-0.15, -0.1) is 0 Å². The van der Waals surface area contributed by atoms with Crippen LogP contribution in [0.25, 0.3) is 10.9 Å². The summed E-state index contributed by atoms with van der Waals surface area (Å²) < 4.78 is 12.9. The molecule has 0 radical (unpaired) electrons. The summed E-state index contributed by atoms with van der Waals surface area (Å²) in [7, 11) is 0. The molecule has 3 aromatic rings. The summed E-state index contributed by atoms with van der Waals surface area (Å²) in [6.45, 7) is 1.79. The maximum atomic E-state index is 12.9. The van der Waals surface area contributed by atoms with Crippen molar-refractivity contribution in [3.8, 4) is 5.75 Å². The highest BCUT2D eigenvalue weighted by Gasteiger charge is 2.10. The average Bonchev–Trinajstić information content (AvgIpc) is 2.47. The number of aromatic hydroxyl groups is 1. The minimum atomic E-state index is -0.251. The third-order valence-corrected chi connectivity index (χ3v) is 3.78. The Labute approximate surface area is 126 Å². The smallest absolute Gasteiger partial charge is 0.144 e. The molecule has 3 rings (SSSR count). The van der Waals surface area contributed by atoms with Crippen LogP contribution in [0.5, 0.6) is 5.75 Å². The average molecular weight is 302 g/mol. The van der Waals surface area contributed by atoms with Crippen molar-refractivity contribution in [2.45, 2.75) is 13.3 Å². The van der Waals surface area contributed by atoms with Crippen molar-refractivity contribution in [2.24, 2.45) is 0 Å². The summed E-state index contributed by atoms with van der Waals surface area (Å²) >= 11 is 6.23. The number of aryl methyl sites for hydroxylation is 1. The molecule has 0 aliphatic carbocycles. The van der Waals surface area contributed by atoms with Crippen LogP contribution in [0.2, 0.25) is 5.02 Å². The number of halogens is 2. The number of hydrogen-bond acceptors (Lipinski definition) is 2. The number of hydrogen-bond donors (Lipinski definition) is 1. The van der Waals surface area contributed by atoms with E-state index in [9.17, 15) is 9.50 Å². The molecule has 21 heavy (non-hydrogen) atoms. The Bertz CT molecular complexity index is 815. The lowest BCUT2D eigenvalue weighted by atomic mass is 10.0. The molecule has 0 saturated carbocycles. The number of phenols is 1. The molecule has 2 aromatic carbocycles. The van der Waals surface area contributed by atoms with Gasteiger partial charge in [0.05, 0.1) is 5.02 Å². The topological polar surface area (TPSA) is 33.1 Å². The molecule has 106 valence electrons. The molecule has 0 aliphatic rings. The SMILES string of the molecule is Cc1cc(Cl)c2cc(Cc3ccc(F)cc3)cnc2c1O. The van der Waals surface area contributed by atoms with Gasteiger partial charge in [0.2, 0.25) is 0 Å². The summed E-state index contributed by atoms with van der Waals surface area (Å²) in [5.41, 5.74) is 3.15. The summed E-state index contributed by atoms with van der Waals surface area (Å²) in [6, 6.07) is 10.00. The van der Waals surface area contributed by atoms with E-state index in [0.717, 1.165) is 16.5 Å². The molecule has 0 amide bonds. The Hall–Kier alpha value is -2.13. The van der Waals surface area contributed by atoms with E-state index < -0.39 is 0 Å². The highest BCUT2D eigenvalue weighted by Crippen LogP contribution is 2.33. The van der Waals surface area contributed by atoms with Crippen LogP contribution >= 0.6 is 11.6 Å². The predicted molar refractivity (Wildman–Crippen MR) is 82.4 cm³/mol. The Morgan fingerprint density at radius 1 is 1.14 bits per heavy atom. The van der Waals surface area contributed by atoms with Crippen molar-refractivity contribution in [3.63, 3.8) is 0 Å². The van der Waals surface area contributed by atoms with Gasteiger partial charge >= 0.3 is 0 Å². The first kappa shape index (κ1) is 13.8. The lowest BCUT2D eigenvalue weighted by Crippen LogP contribution is -1.92. The van der Waals surface area contributed by atoms with Crippen LogP contribution in [0.1, 0.15) is 16.7 Å². The fraction of sp³-hybridized carbons (Fsp3) is 0.118. The Balaban J connectivity index is 2.03. The van der Waals surface area contributed by atoms with Crippen LogP contribution in [-0.2, 0) is 6.42 Å². The van der Waals surface area contributed by atoms with Gasteiger partial charge in [0, 0.05) is 11.6 Å². The molecular formula is C17H13ClFNO. The van der Waals surface area contributed by atoms with Crippen molar-refractivity contribution in [3.05, 3.63) is 70.1 Å². The molecule has 4 heteroatoms. The van der Waals surface area contributed by atoms with Gasteiger partial charge in [-0.1, -0.05) is 23.7 Å². The van der Waals surface area contributed by atoms with Gasteiger partial charge in [-0.05, 0) is 54.3 Å². The van der Waals surface area contributed by atoms with Crippen LogP contribution in [0.3, 0.4) is 0 Å². The summed E-state index contributed by atoms with van der Waals surface area (Å²) in [4.78, 5) is 4.31. The fourth-order valence-electron chi connectivity index (χ4n) is 2.34. The second kappa shape index (κ2) is 5.34. The number of fused-ring (bicyclic) bond motifs is 1. The lowest BCUT2D eigenvalue weighted by molar-refractivity contribution is 0.476. The van der Waals surface area contributed by atoms with Gasteiger partial charge in [-0.3, -0.25) is 4.98 Å². The van der Waals surface area contributed by atoms with Gasteiger partial charge in [-0.25, -0.2) is 4.39 Å². The zero-order valence-corrected chi connectivity index (χ0v) is 12.2. The van der Waals surface area contributed by atoms with Crippen LogP contribution in [0, 0.1) is 12.7 Å². The normalized spacial score (nSPS) is 11.0. The van der Waals surface area contributed by atoms with Gasteiger partial charge in [0.1, 0.15) is 17.1 Å². The summed E-state index contributed by atoms with van der Waals surface area (Å²) in [6.07, 6.45) is 2.34. The minimum Gasteiger partial charge on any atom is -0.505 e. The Morgan fingerprint density at radius 3 is 2.57 bits per heavy atom. The second-order valence-electron chi connectivity index (χ2n) is 5.07.